The monoisotopic (exact) mass is 420 g/mol. The van der Waals surface area contributed by atoms with Crippen molar-refractivity contribution >= 4 is 55.3 Å². The Bertz CT molecular complexity index is 1210. The van der Waals surface area contributed by atoms with Crippen molar-refractivity contribution in [3.63, 3.8) is 0 Å². The van der Waals surface area contributed by atoms with Gasteiger partial charge in [0.05, 0.1) is 21.1 Å². The summed E-state index contributed by atoms with van der Waals surface area (Å²) < 4.78 is 0.430. The van der Waals surface area contributed by atoms with E-state index in [1.165, 1.54) is 12.3 Å². The number of nitrogens with zero attached hydrogens (tertiary/aromatic N) is 3. The van der Waals surface area contributed by atoms with Gasteiger partial charge < -0.3 is 0 Å². The fraction of sp³-hybridized carbons (Fsp3) is 0. The predicted octanol–water partition coefficient (Wildman–Crippen LogP) is 5.50. The Morgan fingerprint density at radius 1 is 1.00 bits per heavy atom. The van der Waals surface area contributed by atoms with Crippen molar-refractivity contribution in [1.82, 2.24) is 4.98 Å². The topological polar surface area (TPSA) is 80.4 Å². The van der Waals surface area contributed by atoms with Crippen LogP contribution in [0.4, 0.5) is 11.5 Å². The van der Waals surface area contributed by atoms with Crippen LogP contribution in [0.2, 0.25) is 0 Å². The van der Waals surface area contributed by atoms with Crippen LogP contribution in [0.25, 0.3) is 21.7 Å². The van der Waals surface area contributed by atoms with Crippen LogP contribution in [-0.2, 0) is 0 Å². The summed E-state index contributed by atoms with van der Waals surface area (Å²) in [6, 6.07) is 20.7. The SMILES string of the molecule is O=[N+]([O-])c1cc(/C=N/Nc2nc3ccccc3c3ccccc23)ccc1Br. The molecule has 1 N–H and O–H groups in total. The van der Waals surface area contributed by atoms with Crippen molar-refractivity contribution in [2.45, 2.75) is 0 Å². The quantitative estimate of drug-likeness (QED) is 0.204. The summed E-state index contributed by atoms with van der Waals surface area (Å²) >= 11 is 3.17. The summed E-state index contributed by atoms with van der Waals surface area (Å²) in [5.74, 6) is 0.632. The Morgan fingerprint density at radius 2 is 1.70 bits per heavy atom. The molecule has 4 aromatic rings. The molecule has 6 nitrogen and oxygen atoms in total. The van der Waals surface area contributed by atoms with Gasteiger partial charge in [0, 0.05) is 22.4 Å². The lowest BCUT2D eigenvalue weighted by Crippen LogP contribution is -1.97. The van der Waals surface area contributed by atoms with Crippen LogP contribution >= 0.6 is 15.9 Å². The van der Waals surface area contributed by atoms with E-state index < -0.39 is 4.92 Å². The average Bonchev–Trinajstić information content (AvgIpc) is 2.69. The maximum Gasteiger partial charge on any atom is 0.284 e. The number of hydrazone groups is 1. The molecule has 3 aromatic carbocycles. The highest BCUT2D eigenvalue weighted by atomic mass is 79.9. The lowest BCUT2D eigenvalue weighted by molar-refractivity contribution is -0.385. The van der Waals surface area contributed by atoms with Crippen LogP contribution in [0.3, 0.4) is 0 Å². The van der Waals surface area contributed by atoms with Gasteiger partial charge in [0.2, 0.25) is 0 Å². The van der Waals surface area contributed by atoms with Gasteiger partial charge in [-0.15, -0.1) is 0 Å². The minimum Gasteiger partial charge on any atom is -0.261 e. The summed E-state index contributed by atoms with van der Waals surface area (Å²) in [5.41, 5.74) is 4.44. The molecule has 0 amide bonds. The fourth-order valence-corrected chi connectivity index (χ4v) is 3.30. The number of aromatic nitrogens is 1. The first-order chi connectivity index (χ1) is 13.1. The number of para-hydroxylation sites is 1. The van der Waals surface area contributed by atoms with Gasteiger partial charge in [0.15, 0.2) is 5.82 Å². The molecule has 0 aliphatic heterocycles. The molecule has 0 aliphatic carbocycles. The van der Waals surface area contributed by atoms with Crippen molar-refractivity contribution in [1.29, 1.82) is 0 Å². The second kappa shape index (κ2) is 7.13. The Kier molecular flexibility index (Phi) is 4.52. The van der Waals surface area contributed by atoms with Crippen molar-refractivity contribution < 1.29 is 4.92 Å². The molecule has 0 radical (unpaired) electrons. The molecule has 0 bridgehead atoms. The molecular formula is C20H13BrN4O2. The molecule has 0 aliphatic rings. The minimum atomic E-state index is -0.437. The normalized spacial score (nSPS) is 11.3. The highest BCUT2D eigenvalue weighted by Crippen LogP contribution is 2.29. The third kappa shape index (κ3) is 3.37. The Hall–Kier alpha value is -3.32. The molecule has 0 saturated heterocycles. The summed E-state index contributed by atoms with van der Waals surface area (Å²) in [7, 11) is 0. The first-order valence-corrected chi connectivity index (χ1v) is 8.93. The molecule has 0 atom stereocenters. The van der Waals surface area contributed by atoms with Crippen molar-refractivity contribution in [3.8, 4) is 0 Å². The van der Waals surface area contributed by atoms with Crippen LogP contribution < -0.4 is 5.43 Å². The summed E-state index contributed by atoms with van der Waals surface area (Å²) in [4.78, 5) is 15.3. The zero-order valence-electron chi connectivity index (χ0n) is 14.0. The average molecular weight is 421 g/mol. The zero-order chi connectivity index (χ0) is 18.8. The number of anilines is 1. The number of halogens is 1. The third-order valence-corrected chi connectivity index (χ3v) is 4.83. The van der Waals surface area contributed by atoms with Gasteiger partial charge >= 0.3 is 0 Å². The maximum absolute atomic E-state index is 11.0. The fourth-order valence-electron chi connectivity index (χ4n) is 2.91. The first-order valence-electron chi connectivity index (χ1n) is 8.14. The van der Waals surface area contributed by atoms with Gasteiger partial charge in [-0.2, -0.15) is 5.10 Å². The van der Waals surface area contributed by atoms with Crippen molar-refractivity contribution in [2.24, 2.45) is 5.10 Å². The summed E-state index contributed by atoms with van der Waals surface area (Å²) in [6.45, 7) is 0. The van der Waals surface area contributed by atoms with Crippen LogP contribution in [0.5, 0.6) is 0 Å². The number of benzene rings is 3. The number of fused-ring (bicyclic) bond motifs is 3. The lowest BCUT2D eigenvalue weighted by Gasteiger charge is -2.08. The number of hydrogen-bond acceptors (Lipinski definition) is 5. The molecule has 0 unspecified atom stereocenters. The van der Waals surface area contributed by atoms with E-state index in [0.29, 0.717) is 15.9 Å². The zero-order valence-corrected chi connectivity index (χ0v) is 15.6. The van der Waals surface area contributed by atoms with Crippen LogP contribution in [0, 0.1) is 10.1 Å². The summed E-state index contributed by atoms with van der Waals surface area (Å²) in [6.07, 6.45) is 1.53. The molecule has 27 heavy (non-hydrogen) atoms. The van der Waals surface area contributed by atoms with Gasteiger partial charge in [-0.3, -0.25) is 15.5 Å². The molecule has 1 heterocycles. The van der Waals surface area contributed by atoms with E-state index in [2.05, 4.69) is 31.4 Å². The largest absolute Gasteiger partial charge is 0.284 e. The molecular weight excluding hydrogens is 408 g/mol. The highest BCUT2D eigenvalue weighted by molar-refractivity contribution is 9.10. The van der Waals surface area contributed by atoms with E-state index in [-0.39, 0.29) is 5.69 Å². The molecule has 0 saturated carbocycles. The van der Waals surface area contributed by atoms with E-state index in [4.69, 9.17) is 0 Å². The minimum absolute atomic E-state index is 0.00627. The van der Waals surface area contributed by atoms with E-state index >= 15 is 0 Å². The molecule has 0 fully saturated rings. The van der Waals surface area contributed by atoms with Crippen LogP contribution in [-0.4, -0.2) is 16.1 Å². The summed E-state index contributed by atoms with van der Waals surface area (Å²) in [5, 5.41) is 18.4. The van der Waals surface area contributed by atoms with Crippen molar-refractivity contribution in [2.75, 3.05) is 5.43 Å². The Labute approximate surface area is 162 Å². The number of nitrogens with one attached hydrogen (secondary N) is 1. The van der Waals surface area contributed by atoms with Crippen molar-refractivity contribution in [3.05, 3.63) is 86.9 Å². The maximum atomic E-state index is 11.0. The Morgan fingerprint density at radius 3 is 2.48 bits per heavy atom. The first kappa shape index (κ1) is 17.1. The molecule has 1 aromatic heterocycles. The van der Waals surface area contributed by atoms with E-state index in [0.717, 1.165) is 21.7 Å². The third-order valence-electron chi connectivity index (χ3n) is 4.16. The predicted molar refractivity (Wildman–Crippen MR) is 111 cm³/mol. The van der Waals surface area contributed by atoms with E-state index in [1.54, 1.807) is 12.1 Å². The standard InChI is InChI=1S/C20H13BrN4O2/c21-17-10-9-13(11-19(17)25(26)27)12-22-24-20-16-7-2-1-5-14(16)15-6-3-4-8-18(15)23-20/h1-12H,(H,23,24)/b22-12+. The van der Waals surface area contributed by atoms with Gasteiger partial charge in [0.25, 0.3) is 5.69 Å². The van der Waals surface area contributed by atoms with Gasteiger partial charge in [-0.05, 0) is 33.4 Å². The van der Waals surface area contributed by atoms with E-state index in [1.807, 2.05) is 48.5 Å². The number of nitro groups is 1. The van der Waals surface area contributed by atoms with Gasteiger partial charge in [-0.1, -0.05) is 48.5 Å². The molecule has 132 valence electrons. The molecule has 7 heteroatoms. The Balaban J connectivity index is 1.70. The van der Waals surface area contributed by atoms with Gasteiger partial charge in [-0.25, -0.2) is 4.98 Å². The second-order valence-electron chi connectivity index (χ2n) is 5.86. The van der Waals surface area contributed by atoms with Crippen LogP contribution in [0.1, 0.15) is 5.56 Å². The van der Waals surface area contributed by atoms with Crippen LogP contribution in [0.15, 0.2) is 76.3 Å². The molecule has 4 rings (SSSR count). The number of hydrogen-bond donors (Lipinski definition) is 1. The molecule has 0 spiro atoms. The number of rotatable bonds is 4. The highest BCUT2D eigenvalue weighted by Gasteiger charge is 2.11. The number of nitro benzene ring substituents is 1. The second-order valence-corrected chi connectivity index (χ2v) is 6.72. The van der Waals surface area contributed by atoms with Gasteiger partial charge in [0.1, 0.15) is 0 Å². The lowest BCUT2D eigenvalue weighted by atomic mass is 10.1. The number of pyridine rings is 1. The van der Waals surface area contributed by atoms with E-state index in [9.17, 15) is 10.1 Å². The smallest absolute Gasteiger partial charge is 0.261 e.